The van der Waals surface area contributed by atoms with E-state index >= 15 is 0 Å². The fraction of sp³-hybridized carbons (Fsp3) is 0.700. The fourth-order valence-electron chi connectivity index (χ4n) is 7.26. The first-order valence-corrected chi connectivity index (χ1v) is 19.7. The van der Waals surface area contributed by atoms with Crippen molar-refractivity contribution in [1.29, 1.82) is 0 Å². The van der Waals surface area contributed by atoms with Crippen LogP contribution in [0.3, 0.4) is 0 Å². The van der Waals surface area contributed by atoms with E-state index in [1.165, 1.54) is 94.8 Å². The fourth-order valence-corrected chi connectivity index (χ4v) is 7.52. The molecule has 0 radical (unpaired) electrons. The van der Waals surface area contributed by atoms with E-state index in [4.69, 9.17) is 38.8 Å². The van der Waals surface area contributed by atoms with Crippen LogP contribution in [-0.2, 0) is 17.7 Å². The van der Waals surface area contributed by atoms with Crippen molar-refractivity contribution < 1.29 is 9.84 Å². The number of epoxide rings is 1. The topological polar surface area (TPSA) is 86.1 Å². The Labute approximate surface area is 301 Å². The van der Waals surface area contributed by atoms with Gasteiger partial charge in [0.1, 0.15) is 0 Å². The molecule has 8 heteroatoms. The van der Waals surface area contributed by atoms with Gasteiger partial charge < -0.3 is 26.2 Å². The van der Waals surface area contributed by atoms with Gasteiger partial charge in [0.25, 0.3) is 0 Å². The second-order valence-corrected chi connectivity index (χ2v) is 15.7. The zero-order valence-electron chi connectivity index (χ0n) is 29.7. The standard InChI is InChI=1S/C12H16ClN.C11H15ClN2.C6H13N.C6H12O.C5H8O/c13-12-3-1-10(2-4-12)9-11-5-7-14-8-6-11;12-11-3-1-10(2-4-11)9-14-7-5-13-6-8-14;2*1-5-3-2-4-6(5)7;1-2-4-5(3-1)6-4/h1-4,11,14H,5-9H2;1-4,13H,5-9H2;5-6H,2-4,7H2,1H3;5-7H,2-4H2,1H3;4-5H,1-3H2/t;;2*5-,6-;/m..11./s1. The molecule has 0 spiro atoms. The van der Waals surface area contributed by atoms with Crippen LogP contribution in [-0.4, -0.2) is 73.6 Å². The molecule has 6 fully saturated rings. The van der Waals surface area contributed by atoms with Crippen molar-refractivity contribution in [3.8, 4) is 0 Å². The van der Waals surface area contributed by atoms with E-state index in [0.29, 0.717) is 24.2 Å². The Balaban J connectivity index is 0.000000142. The highest BCUT2D eigenvalue weighted by Gasteiger charge is 2.42. The van der Waals surface area contributed by atoms with Crippen molar-refractivity contribution >= 4 is 23.2 Å². The largest absolute Gasteiger partial charge is 0.393 e. The van der Waals surface area contributed by atoms with Gasteiger partial charge >= 0.3 is 0 Å². The molecule has 3 aliphatic carbocycles. The van der Waals surface area contributed by atoms with E-state index in [9.17, 15) is 0 Å². The van der Waals surface area contributed by atoms with Crippen molar-refractivity contribution in [2.45, 2.75) is 122 Å². The number of aliphatic hydroxyl groups excluding tert-OH is 1. The Morgan fingerprint density at radius 3 is 1.60 bits per heavy atom. The number of nitrogens with one attached hydrogen (secondary N) is 2. The summed E-state index contributed by atoms with van der Waals surface area (Å²) >= 11 is 11.7. The number of fused-ring (bicyclic) bond motifs is 1. The SMILES string of the molecule is C1CC2OC2C1.C[C@@H]1CCC[C@H]1N.C[C@@H]1CCC[C@H]1O.Clc1ccc(CC2CCNCC2)cc1.Clc1ccc(CN2CCNCC2)cc1. The molecule has 8 rings (SSSR count). The molecule has 0 amide bonds. The average Bonchev–Trinajstić information content (AvgIpc) is 3.32. The van der Waals surface area contributed by atoms with Gasteiger partial charge in [-0.15, -0.1) is 0 Å². The number of ether oxygens (including phenoxy) is 1. The molecule has 3 aliphatic heterocycles. The lowest BCUT2D eigenvalue weighted by molar-refractivity contribution is 0.141. The van der Waals surface area contributed by atoms with Gasteiger partial charge in [0.2, 0.25) is 0 Å². The van der Waals surface area contributed by atoms with Gasteiger partial charge in [-0.1, -0.05) is 74.2 Å². The van der Waals surface area contributed by atoms with E-state index in [0.717, 1.165) is 61.0 Å². The summed E-state index contributed by atoms with van der Waals surface area (Å²) in [4.78, 5) is 2.46. The Kier molecular flexibility index (Phi) is 18.0. The lowest BCUT2D eigenvalue weighted by Crippen LogP contribution is -2.42. The van der Waals surface area contributed by atoms with E-state index in [-0.39, 0.29) is 6.10 Å². The Bertz CT molecular complexity index is 1020. The Morgan fingerprint density at radius 2 is 1.21 bits per heavy atom. The number of benzene rings is 2. The maximum atomic E-state index is 9.00. The predicted molar refractivity (Wildman–Crippen MR) is 203 cm³/mol. The molecule has 3 saturated heterocycles. The molecule has 5 N–H and O–H groups in total. The van der Waals surface area contributed by atoms with Crippen molar-refractivity contribution in [3.05, 3.63) is 69.7 Å². The van der Waals surface area contributed by atoms with E-state index in [1.807, 2.05) is 24.3 Å². The third-order valence-electron chi connectivity index (χ3n) is 10.8. The van der Waals surface area contributed by atoms with Crippen molar-refractivity contribution in [1.82, 2.24) is 15.5 Å². The molecule has 2 aromatic rings. The quantitative estimate of drug-likeness (QED) is 0.243. The summed E-state index contributed by atoms with van der Waals surface area (Å²) < 4.78 is 5.15. The second-order valence-electron chi connectivity index (χ2n) is 14.9. The molecule has 0 aromatic heterocycles. The number of rotatable bonds is 4. The summed E-state index contributed by atoms with van der Waals surface area (Å²) in [6.45, 7) is 12.2. The minimum atomic E-state index is 0.0139. The highest BCUT2D eigenvalue weighted by atomic mass is 35.5. The summed E-state index contributed by atoms with van der Waals surface area (Å²) in [5.41, 5.74) is 8.44. The smallest absolute Gasteiger partial charge is 0.0841 e. The van der Waals surface area contributed by atoms with Gasteiger partial charge in [0.15, 0.2) is 0 Å². The molecule has 48 heavy (non-hydrogen) atoms. The highest BCUT2D eigenvalue weighted by molar-refractivity contribution is 6.30. The zero-order valence-corrected chi connectivity index (χ0v) is 31.2. The number of hydrogen-bond acceptors (Lipinski definition) is 6. The second kappa shape index (κ2) is 21.9. The van der Waals surface area contributed by atoms with Gasteiger partial charge in [-0.2, -0.15) is 0 Å². The third kappa shape index (κ3) is 15.3. The monoisotopic (exact) mass is 702 g/mol. The number of hydrogen-bond donors (Lipinski definition) is 4. The Hall–Kier alpha value is -1.22. The van der Waals surface area contributed by atoms with E-state index in [1.54, 1.807) is 0 Å². The van der Waals surface area contributed by atoms with Gasteiger partial charge in [-0.3, -0.25) is 4.90 Å². The van der Waals surface area contributed by atoms with Gasteiger partial charge in [-0.25, -0.2) is 0 Å². The molecule has 3 heterocycles. The maximum absolute atomic E-state index is 9.00. The molecule has 6 atom stereocenters. The third-order valence-corrected chi connectivity index (χ3v) is 11.3. The molecule has 2 unspecified atom stereocenters. The molecule has 2 aromatic carbocycles. The number of piperidine rings is 1. The summed E-state index contributed by atoms with van der Waals surface area (Å²) in [5, 5.41) is 17.4. The number of nitrogens with two attached hydrogens (primary N) is 1. The minimum absolute atomic E-state index is 0.0139. The van der Waals surface area contributed by atoms with Crippen LogP contribution >= 0.6 is 23.2 Å². The summed E-state index contributed by atoms with van der Waals surface area (Å²) in [7, 11) is 0. The number of piperazine rings is 1. The van der Waals surface area contributed by atoms with Crippen LogP contribution in [0.1, 0.15) is 95.6 Å². The van der Waals surface area contributed by atoms with E-state index in [2.05, 4.69) is 53.6 Å². The average molecular weight is 704 g/mol. The molecule has 6 nitrogen and oxygen atoms in total. The molecule has 270 valence electrons. The number of nitrogens with zero attached hydrogens (tertiary/aromatic N) is 1. The van der Waals surface area contributed by atoms with Gasteiger partial charge in [0, 0.05) is 48.8 Å². The Morgan fingerprint density at radius 1 is 0.688 bits per heavy atom. The molecular weight excluding hydrogens is 639 g/mol. The molecular formula is C40H64Cl2N4O2. The number of halogens is 2. The summed E-state index contributed by atoms with van der Waals surface area (Å²) in [6, 6.07) is 16.9. The van der Waals surface area contributed by atoms with Gasteiger partial charge in [-0.05, 0) is 130 Å². The van der Waals surface area contributed by atoms with Crippen molar-refractivity contribution in [2.75, 3.05) is 39.3 Å². The molecule has 0 bridgehead atoms. The van der Waals surface area contributed by atoms with Gasteiger partial charge in [0.05, 0.1) is 18.3 Å². The van der Waals surface area contributed by atoms with Crippen LogP contribution in [0.5, 0.6) is 0 Å². The van der Waals surface area contributed by atoms with Crippen molar-refractivity contribution in [2.24, 2.45) is 23.5 Å². The first kappa shape index (κ1) is 39.6. The minimum Gasteiger partial charge on any atom is -0.393 e. The maximum Gasteiger partial charge on any atom is 0.0841 e. The normalized spacial score (nSPS) is 29.5. The predicted octanol–water partition coefficient (Wildman–Crippen LogP) is 7.87. The van der Waals surface area contributed by atoms with E-state index < -0.39 is 0 Å². The first-order valence-electron chi connectivity index (χ1n) is 19.0. The first-order chi connectivity index (χ1) is 23.3. The zero-order chi connectivity index (χ0) is 34.1. The van der Waals surface area contributed by atoms with Crippen LogP contribution in [0.4, 0.5) is 0 Å². The molecule has 6 aliphatic rings. The summed E-state index contributed by atoms with van der Waals surface area (Å²) in [5.74, 6) is 2.22. The van der Waals surface area contributed by atoms with Crippen LogP contribution in [0.2, 0.25) is 10.0 Å². The van der Waals surface area contributed by atoms with Crippen LogP contribution in [0, 0.1) is 17.8 Å². The summed E-state index contributed by atoms with van der Waals surface area (Å²) in [6.07, 6.45) is 16.8. The number of aliphatic hydroxyl groups is 1. The van der Waals surface area contributed by atoms with Crippen molar-refractivity contribution in [3.63, 3.8) is 0 Å². The highest BCUT2D eigenvalue weighted by Crippen LogP contribution is 2.37. The molecule has 3 saturated carbocycles. The van der Waals surface area contributed by atoms with Crippen LogP contribution in [0.25, 0.3) is 0 Å². The lowest BCUT2D eigenvalue weighted by atomic mass is 9.91. The van der Waals surface area contributed by atoms with Crippen LogP contribution < -0.4 is 16.4 Å². The lowest BCUT2D eigenvalue weighted by Gasteiger charge is -2.27. The van der Waals surface area contributed by atoms with Crippen LogP contribution in [0.15, 0.2) is 48.5 Å².